The molecule has 1 aliphatic rings. The Labute approximate surface area is 273 Å². The van der Waals surface area contributed by atoms with Gasteiger partial charge in [-0.3, -0.25) is 9.59 Å². The van der Waals surface area contributed by atoms with Gasteiger partial charge in [-0.1, -0.05) is 60.2 Å². The van der Waals surface area contributed by atoms with Crippen LogP contribution in [0.3, 0.4) is 0 Å². The quantitative estimate of drug-likeness (QED) is 0.190. The van der Waals surface area contributed by atoms with E-state index in [0.29, 0.717) is 12.2 Å². The molecule has 0 radical (unpaired) electrons. The number of pyridine rings is 1. The van der Waals surface area contributed by atoms with Gasteiger partial charge in [0.1, 0.15) is 18.0 Å². The van der Waals surface area contributed by atoms with Crippen LogP contribution >= 0.6 is 0 Å². The number of rotatable bonds is 10. The van der Waals surface area contributed by atoms with Crippen LogP contribution in [-0.2, 0) is 30.2 Å². The molecule has 3 aromatic carbocycles. The molecule has 1 N–H and O–H groups in total. The summed E-state index contributed by atoms with van der Waals surface area (Å²) in [6, 6.07) is 22.4. The Morgan fingerprint density at radius 3 is 2.53 bits per heavy atom. The standard InChI is InChI=1S/C36H38N2O9/c1-22-12-14-28(15-13-22)47-33-23(2)46-36(41)30(20-43-19-27(33)18-26-10-7-9-25-8-5-6-11-29(25)26)38-35(40)32-34(45-21-44-24(3)39)31(42-4)16-17-37-32/h5-17,23,27,30,33H,18-21H2,1-4H3,(H,38,40). The number of hydrogen-bond donors (Lipinski definition) is 1. The second-order valence-corrected chi connectivity index (χ2v) is 11.3. The minimum absolute atomic E-state index is 0.0545. The van der Waals surface area contributed by atoms with Gasteiger partial charge in [0.2, 0.25) is 6.79 Å². The maximum absolute atomic E-state index is 13.5. The summed E-state index contributed by atoms with van der Waals surface area (Å²) in [7, 11) is 1.39. The lowest BCUT2D eigenvalue weighted by Crippen LogP contribution is -2.47. The topological polar surface area (TPSA) is 132 Å². The molecule has 0 aliphatic carbocycles. The fraction of sp³-hybridized carbons (Fsp3) is 0.333. The third-order valence-corrected chi connectivity index (χ3v) is 7.86. The van der Waals surface area contributed by atoms with Gasteiger partial charge in [-0.15, -0.1) is 0 Å². The zero-order valence-electron chi connectivity index (χ0n) is 26.8. The van der Waals surface area contributed by atoms with Gasteiger partial charge >= 0.3 is 11.9 Å². The minimum Gasteiger partial charge on any atom is -0.493 e. The molecule has 4 aromatic rings. The van der Waals surface area contributed by atoms with Crippen molar-refractivity contribution in [2.45, 2.75) is 45.4 Å². The van der Waals surface area contributed by atoms with Crippen molar-refractivity contribution in [2.75, 3.05) is 27.1 Å². The molecule has 47 heavy (non-hydrogen) atoms. The first-order chi connectivity index (χ1) is 22.7. The van der Waals surface area contributed by atoms with Crippen molar-refractivity contribution in [3.8, 4) is 17.2 Å². The molecule has 2 heterocycles. The molecule has 11 heteroatoms. The molecule has 0 spiro atoms. The van der Waals surface area contributed by atoms with Crippen LogP contribution in [-0.4, -0.2) is 68.2 Å². The Bertz CT molecular complexity index is 1700. The number of amides is 1. The normalized spacial score (nSPS) is 19.8. The highest BCUT2D eigenvalue weighted by molar-refractivity contribution is 5.98. The van der Waals surface area contributed by atoms with Crippen LogP contribution in [0.25, 0.3) is 10.8 Å². The van der Waals surface area contributed by atoms with Gasteiger partial charge in [0.05, 0.1) is 20.3 Å². The molecule has 4 unspecified atom stereocenters. The van der Waals surface area contributed by atoms with Gasteiger partial charge in [-0.25, -0.2) is 9.78 Å². The molecule has 11 nitrogen and oxygen atoms in total. The third-order valence-electron chi connectivity index (χ3n) is 7.86. The summed E-state index contributed by atoms with van der Waals surface area (Å²) in [6.07, 6.45) is 0.671. The predicted molar refractivity (Wildman–Crippen MR) is 172 cm³/mol. The average molecular weight is 643 g/mol. The molecule has 4 atom stereocenters. The third kappa shape index (κ3) is 8.36. The van der Waals surface area contributed by atoms with E-state index in [4.69, 9.17) is 28.4 Å². The number of hydrogen-bond acceptors (Lipinski definition) is 10. The van der Waals surface area contributed by atoms with Crippen LogP contribution in [0.4, 0.5) is 0 Å². The summed E-state index contributed by atoms with van der Waals surface area (Å²) >= 11 is 0. The van der Waals surface area contributed by atoms with Crippen LogP contribution in [0.2, 0.25) is 0 Å². The van der Waals surface area contributed by atoms with Crippen molar-refractivity contribution in [3.05, 3.63) is 95.8 Å². The monoisotopic (exact) mass is 642 g/mol. The number of aromatic nitrogens is 1. The number of fused-ring (bicyclic) bond motifs is 1. The number of methoxy groups -OCH3 is 1. The van der Waals surface area contributed by atoms with Crippen molar-refractivity contribution in [1.82, 2.24) is 10.3 Å². The van der Waals surface area contributed by atoms with Gasteiger partial charge < -0.3 is 33.7 Å². The Morgan fingerprint density at radius 1 is 1.00 bits per heavy atom. The Morgan fingerprint density at radius 2 is 1.77 bits per heavy atom. The fourth-order valence-corrected chi connectivity index (χ4v) is 5.50. The molecular formula is C36H38N2O9. The molecule has 1 saturated heterocycles. The van der Waals surface area contributed by atoms with Crippen molar-refractivity contribution in [2.24, 2.45) is 5.92 Å². The molecule has 246 valence electrons. The maximum Gasteiger partial charge on any atom is 0.331 e. The maximum atomic E-state index is 13.5. The lowest BCUT2D eigenvalue weighted by molar-refractivity contribution is -0.156. The highest BCUT2D eigenvalue weighted by Gasteiger charge is 2.37. The predicted octanol–water partition coefficient (Wildman–Crippen LogP) is 4.82. The van der Waals surface area contributed by atoms with Crippen LogP contribution in [0.5, 0.6) is 17.2 Å². The van der Waals surface area contributed by atoms with Gasteiger partial charge in [-0.2, -0.15) is 0 Å². The van der Waals surface area contributed by atoms with Gasteiger partial charge in [0, 0.05) is 25.1 Å². The summed E-state index contributed by atoms with van der Waals surface area (Å²) in [5, 5.41) is 4.91. The zero-order chi connectivity index (χ0) is 33.3. The SMILES string of the molecule is COc1ccnc(C(=O)NC2COCC(Cc3cccc4ccccc34)C(Oc3ccc(C)cc3)C(C)OC2=O)c1OCOC(C)=O. The Kier molecular flexibility index (Phi) is 10.9. The average Bonchev–Trinajstić information content (AvgIpc) is 3.11. The highest BCUT2D eigenvalue weighted by Crippen LogP contribution is 2.31. The van der Waals surface area contributed by atoms with Crippen LogP contribution in [0.15, 0.2) is 79.0 Å². The van der Waals surface area contributed by atoms with E-state index in [1.807, 2.05) is 49.4 Å². The lowest BCUT2D eigenvalue weighted by atomic mass is 9.89. The Balaban J connectivity index is 1.39. The molecular weight excluding hydrogens is 604 g/mol. The van der Waals surface area contributed by atoms with E-state index in [1.54, 1.807) is 6.92 Å². The first-order valence-electron chi connectivity index (χ1n) is 15.3. The van der Waals surface area contributed by atoms with Crippen molar-refractivity contribution < 1.29 is 42.8 Å². The number of nitrogens with one attached hydrogen (secondary N) is 1. The number of benzene rings is 3. The van der Waals surface area contributed by atoms with E-state index >= 15 is 0 Å². The molecule has 0 saturated carbocycles. The number of esters is 2. The van der Waals surface area contributed by atoms with Gasteiger partial charge in [0.15, 0.2) is 23.2 Å². The number of carbonyl (C=O) groups is 3. The van der Waals surface area contributed by atoms with E-state index in [1.165, 1.54) is 26.3 Å². The number of aryl methyl sites for hydroxylation is 1. The largest absolute Gasteiger partial charge is 0.493 e. The summed E-state index contributed by atoms with van der Waals surface area (Å²) in [5.41, 5.74) is 2.03. The summed E-state index contributed by atoms with van der Waals surface area (Å²) in [6.45, 7) is 4.60. The van der Waals surface area contributed by atoms with Gasteiger partial charge in [0.25, 0.3) is 5.91 Å². The summed E-state index contributed by atoms with van der Waals surface area (Å²) < 4.78 is 34.3. The molecule has 0 bridgehead atoms. The van der Waals surface area contributed by atoms with E-state index in [-0.39, 0.29) is 36.3 Å². The van der Waals surface area contributed by atoms with E-state index < -0.39 is 42.9 Å². The van der Waals surface area contributed by atoms with Crippen molar-refractivity contribution >= 4 is 28.6 Å². The zero-order valence-corrected chi connectivity index (χ0v) is 26.8. The molecule has 1 aliphatic heterocycles. The highest BCUT2D eigenvalue weighted by atomic mass is 16.7. The molecule has 1 amide bonds. The number of nitrogens with zero attached hydrogens (tertiary/aromatic N) is 1. The molecule has 1 fully saturated rings. The van der Waals surface area contributed by atoms with E-state index in [0.717, 1.165) is 21.9 Å². The number of carbonyl (C=O) groups excluding carboxylic acids is 3. The first-order valence-corrected chi connectivity index (χ1v) is 15.3. The van der Waals surface area contributed by atoms with Gasteiger partial charge in [-0.05, 0) is 48.7 Å². The van der Waals surface area contributed by atoms with Crippen molar-refractivity contribution in [1.29, 1.82) is 0 Å². The molecule has 1 aromatic heterocycles. The summed E-state index contributed by atoms with van der Waals surface area (Å²) in [5.74, 6) is -1.45. The second kappa shape index (κ2) is 15.4. The molecule has 5 rings (SSSR count). The van der Waals surface area contributed by atoms with Crippen molar-refractivity contribution in [3.63, 3.8) is 0 Å². The van der Waals surface area contributed by atoms with E-state index in [9.17, 15) is 14.4 Å². The Hall–Kier alpha value is -5.16. The minimum atomic E-state index is -1.17. The van der Waals surface area contributed by atoms with Crippen LogP contribution in [0.1, 0.15) is 35.5 Å². The summed E-state index contributed by atoms with van der Waals surface area (Å²) in [4.78, 5) is 42.4. The van der Waals surface area contributed by atoms with E-state index in [2.05, 4.69) is 34.6 Å². The second-order valence-electron chi connectivity index (χ2n) is 11.3. The lowest BCUT2D eigenvalue weighted by Gasteiger charge is -2.31. The number of ether oxygens (including phenoxy) is 6. The number of cyclic esters (lactones) is 1. The smallest absolute Gasteiger partial charge is 0.331 e. The van der Waals surface area contributed by atoms with Crippen LogP contribution < -0.4 is 19.5 Å². The van der Waals surface area contributed by atoms with Crippen LogP contribution in [0, 0.1) is 12.8 Å². The fourth-order valence-electron chi connectivity index (χ4n) is 5.50. The first kappa shape index (κ1) is 33.2.